The number of halogens is 1. The predicted octanol–water partition coefficient (Wildman–Crippen LogP) is 3.43. The first-order valence-corrected chi connectivity index (χ1v) is 6.57. The molecule has 1 amide bonds. The lowest BCUT2D eigenvalue weighted by Gasteiger charge is -2.08. The quantitative estimate of drug-likeness (QED) is 0.643. The van der Waals surface area contributed by atoms with Crippen molar-refractivity contribution in [2.24, 2.45) is 0 Å². The number of nitrogen functional groups attached to an aromatic ring is 1. The molecular weight excluding hydrogens is 339 g/mol. The molecular formula is C14H13IN2O. The summed E-state index contributed by atoms with van der Waals surface area (Å²) in [7, 11) is 0. The van der Waals surface area contributed by atoms with E-state index in [1.54, 1.807) is 12.1 Å². The van der Waals surface area contributed by atoms with Gasteiger partial charge >= 0.3 is 0 Å². The summed E-state index contributed by atoms with van der Waals surface area (Å²) in [5.41, 5.74) is 8.65. The van der Waals surface area contributed by atoms with Gasteiger partial charge in [-0.25, -0.2) is 0 Å². The Morgan fingerprint density at radius 1 is 1.22 bits per heavy atom. The fourth-order valence-corrected chi connectivity index (χ4v) is 2.20. The first-order chi connectivity index (χ1) is 8.56. The summed E-state index contributed by atoms with van der Waals surface area (Å²) in [4.78, 5) is 12.1. The van der Waals surface area contributed by atoms with Crippen LogP contribution in [-0.2, 0) is 0 Å². The van der Waals surface area contributed by atoms with Crippen LogP contribution in [0, 0.1) is 10.5 Å². The van der Waals surface area contributed by atoms with E-state index in [1.165, 1.54) is 0 Å². The van der Waals surface area contributed by atoms with E-state index in [0.29, 0.717) is 11.3 Å². The monoisotopic (exact) mass is 352 g/mol. The zero-order valence-electron chi connectivity index (χ0n) is 9.91. The molecule has 0 radical (unpaired) electrons. The maximum absolute atomic E-state index is 12.1. The van der Waals surface area contributed by atoms with Crippen LogP contribution in [0.5, 0.6) is 0 Å². The highest BCUT2D eigenvalue weighted by Gasteiger charge is 2.09. The van der Waals surface area contributed by atoms with Gasteiger partial charge in [-0.15, -0.1) is 0 Å². The molecule has 0 aromatic heterocycles. The fourth-order valence-electron chi connectivity index (χ4n) is 1.65. The minimum Gasteiger partial charge on any atom is -0.398 e. The molecule has 2 aromatic carbocycles. The SMILES string of the molecule is Cc1ccc(C(=O)Nc2cccc(I)c2)c(N)c1. The van der Waals surface area contributed by atoms with Gasteiger partial charge < -0.3 is 11.1 Å². The molecule has 4 heteroatoms. The summed E-state index contributed by atoms with van der Waals surface area (Å²) >= 11 is 2.20. The van der Waals surface area contributed by atoms with Crippen molar-refractivity contribution < 1.29 is 4.79 Å². The first kappa shape index (κ1) is 12.9. The molecule has 92 valence electrons. The minimum absolute atomic E-state index is 0.186. The highest BCUT2D eigenvalue weighted by Crippen LogP contribution is 2.17. The van der Waals surface area contributed by atoms with E-state index in [2.05, 4.69) is 27.9 Å². The second-order valence-electron chi connectivity index (χ2n) is 4.06. The van der Waals surface area contributed by atoms with Crippen LogP contribution in [0.3, 0.4) is 0 Å². The maximum Gasteiger partial charge on any atom is 0.257 e. The van der Waals surface area contributed by atoms with Crippen molar-refractivity contribution in [3.05, 3.63) is 57.2 Å². The largest absolute Gasteiger partial charge is 0.398 e. The number of nitrogens with one attached hydrogen (secondary N) is 1. The zero-order chi connectivity index (χ0) is 13.1. The van der Waals surface area contributed by atoms with Crippen molar-refractivity contribution in [3.8, 4) is 0 Å². The molecule has 0 aliphatic heterocycles. The van der Waals surface area contributed by atoms with Crippen LogP contribution in [0.2, 0.25) is 0 Å². The fraction of sp³-hybridized carbons (Fsp3) is 0.0714. The molecule has 0 unspecified atom stereocenters. The Labute approximate surface area is 120 Å². The topological polar surface area (TPSA) is 55.1 Å². The molecule has 18 heavy (non-hydrogen) atoms. The number of nitrogens with two attached hydrogens (primary N) is 1. The van der Waals surface area contributed by atoms with Crippen LogP contribution < -0.4 is 11.1 Å². The molecule has 3 nitrogen and oxygen atoms in total. The summed E-state index contributed by atoms with van der Waals surface area (Å²) in [5.74, 6) is -0.186. The molecule has 0 heterocycles. The zero-order valence-corrected chi connectivity index (χ0v) is 12.1. The second-order valence-corrected chi connectivity index (χ2v) is 5.30. The van der Waals surface area contributed by atoms with E-state index < -0.39 is 0 Å². The van der Waals surface area contributed by atoms with Crippen LogP contribution >= 0.6 is 22.6 Å². The third kappa shape index (κ3) is 3.01. The van der Waals surface area contributed by atoms with E-state index in [0.717, 1.165) is 14.8 Å². The van der Waals surface area contributed by atoms with Gasteiger partial charge in [-0.1, -0.05) is 12.1 Å². The van der Waals surface area contributed by atoms with E-state index in [4.69, 9.17) is 5.73 Å². The van der Waals surface area contributed by atoms with Crippen LogP contribution in [0.4, 0.5) is 11.4 Å². The maximum atomic E-state index is 12.1. The van der Waals surface area contributed by atoms with Gasteiger partial charge in [-0.2, -0.15) is 0 Å². The Morgan fingerprint density at radius 2 is 2.00 bits per heavy atom. The molecule has 0 atom stereocenters. The van der Waals surface area contributed by atoms with Gasteiger partial charge in [0.25, 0.3) is 5.91 Å². The summed E-state index contributed by atoms with van der Waals surface area (Å²) in [6.45, 7) is 1.94. The standard InChI is InChI=1S/C14H13IN2O/c1-9-5-6-12(13(16)7-9)14(18)17-11-4-2-3-10(15)8-11/h2-8H,16H2,1H3,(H,17,18). The van der Waals surface area contributed by atoms with Gasteiger partial charge in [0.15, 0.2) is 0 Å². The Balaban J connectivity index is 2.22. The normalized spacial score (nSPS) is 10.1. The number of hydrogen-bond donors (Lipinski definition) is 2. The minimum atomic E-state index is -0.186. The summed E-state index contributed by atoms with van der Waals surface area (Å²) in [6.07, 6.45) is 0. The van der Waals surface area contributed by atoms with Crippen molar-refractivity contribution >= 4 is 39.9 Å². The van der Waals surface area contributed by atoms with Gasteiger partial charge in [-0.05, 0) is 65.4 Å². The van der Waals surface area contributed by atoms with Crippen molar-refractivity contribution in [3.63, 3.8) is 0 Å². The average molecular weight is 352 g/mol. The summed E-state index contributed by atoms with van der Waals surface area (Å²) < 4.78 is 1.07. The van der Waals surface area contributed by atoms with E-state index in [9.17, 15) is 4.79 Å². The third-order valence-electron chi connectivity index (χ3n) is 2.53. The van der Waals surface area contributed by atoms with Crippen molar-refractivity contribution in [2.75, 3.05) is 11.1 Å². The molecule has 0 fully saturated rings. The van der Waals surface area contributed by atoms with Crippen molar-refractivity contribution in [2.45, 2.75) is 6.92 Å². The van der Waals surface area contributed by atoms with Gasteiger partial charge in [-0.3, -0.25) is 4.79 Å². The van der Waals surface area contributed by atoms with Crippen LogP contribution in [0.15, 0.2) is 42.5 Å². The number of benzene rings is 2. The van der Waals surface area contributed by atoms with Crippen LogP contribution in [0.25, 0.3) is 0 Å². The molecule has 2 rings (SSSR count). The smallest absolute Gasteiger partial charge is 0.257 e. The molecule has 0 aliphatic carbocycles. The molecule has 0 aliphatic rings. The van der Waals surface area contributed by atoms with E-state index in [1.807, 2.05) is 37.3 Å². The predicted molar refractivity (Wildman–Crippen MR) is 82.7 cm³/mol. The number of rotatable bonds is 2. The third-order valence-corrected chi connectivity index (χ3v) is 3.21. The molecule has 0 spiro atoms. The lowest BCUT2D eigenvalue weighted by Crippen LogP contribution is -2.14. The van der Waals surface area contributed by atoms with Crippen molar-refractivity contribution in [1.29, 1.82) is 0 Å². The first-order valence-electron chi connectivity index (χ1n) is 5.49. The Hall–Kier alpha value is -1.56. The Morgan fingerprint density at radius 3 is 2.67 bits per heavy atom. The summed E-state index contributed by atoms with van der Waals surface area (Å²) in [6, 6.07) is 13.0. The number of carbonyl (C=O) groups is 1. The van der Waals surface area contributed by atoms with Gasteiger partial charge in [0.2, 0.25) is 0 Å². The average Bonchev–Trinajstić information content (AvgIpc) is 2.28. The van der Waals surface area contributed by atoms with Crippen LogP contribution in [0.1, 0.15) is 15.9 Å². The Kier molecular flexibility index (Phi) is 3.86. The van der Waals surface area contributed by atoms with E-state index >= 15 is 0 Å². The molecule has 0 saturated heterocycles. The van der Waals surface area contributed by atoms with E-state index in [-0.39, 0.29) is 5.91 Å². The summed E-state index contributed by atoms with van der Waals surface area (Å²) in [5, 5.41) is 2.84. The number of carbonyl (C=O) groups excluding carboxylic acids is 1. The number of hydrogen-bond acceptors (Lipinski definition) is 2. The lowest BCUT2D eigenvalue weighted by molar-refractivity contribution is 0.102. The molecule has 3 N–H and O–H groups in total. The Bertz CT molecular complexity index is 596. The van der Waals surface area contributed by atoms with Crippen LogP contribution in [-0.4, -0.2) is 5.91 Å². The van der Waals surface area contributed by atoms with Gasteiger partial charge in [0.05, 0.1) is 5.56 Å². The second kappa shape index (κ2) is 5.39. The number of aryl methyl sites for hydroxylation is 1. The molecule has 2 aromatic rings. The molecule has 0 saturated carbocycles. The van der Waals surface area contributed by atoms with Gasteiger partial charge in [0, 0.05) is 14.9 Å². The lowest BCUT2D eigenvalue weighted by atomic mass is 10.1. The van der Waals surface area contributed by atoms with Crippen molar-refractivity contribution in [1.82, 2.24) is 0 Å². The molecule has 0 bridgehead atoms. The highest BCUT2D eigenvalue weighted by atomic mass is 127. The number of anilines is 2. The highest BCUT2D eigenvalue weighted by molar-refractivity contribution is 14.1. The van der Waals surface area contributed by atoms with Gasteiger partial charge in [0.1, 0.15) is 0 Å². The number of amides is 1.